The first-order valence-electron chi connectivity index (χ1n) is 7.11. The molecule has 4 heteroatoms. The number of para-hydroxylation sites is 2. The van der Waals surface area contributed by atoms with Crippen molar-refractivity contribution in [2.75, 3.05) is 19.8 Å². The highest BCUT2D eigenvalue weighted by molar-refractivity contribution is 6.32. The molecule has 0 aliphatic carbocycles. The van der Waals surface area contributed by atoms with E-state index in [1.807, 2.05) is 36.4 Å². The van der Waals surface area contributed by atoms with Crippen LogP contribution >= 0.6 is 11.6 Å². The maximum atomic E-state index is 6.25. The Labute approximate surface area is 129 Å². The Morgan fingerprint density at radius 2 is 2.05 bits per heavy atom. The van der Waals surface area contributed by atoms with Gasteiger partial charge in [-0.2, -0.15) is 0 Å². The molecule has 3 rings (SSSR count). The Kier molecular flexibility index (Phi) is 4.32. The summed E-state index contributed by atoms with van der Waals surface area (Å²) in [7, 11) is 0. The van der Waals surface area contributed by atoms with Gasteiger partial charge in [-0.3, -0.25) is 0 Å². The molecular weight excluding hydrogens is 286 g/mol. The van der Waals surface area contributed by atoms with Crippen molar-refractivity contribution in [1.82, 2.24) is 0 Å². The lowest BCUT2D eigenvalue weighted by Crippen LogP contribution is -2.13. The number of benzene rings is 2. The van der Waals surface area contributed by atoms with Crippen LogP contribution in [0.1, 0.15) is 17.0 Å². The van der Waals surface area contributed by atoms with Gasteiger partial charge in [0, 0.05) is 5.56 Å². The van der Waals surface area contributed by atoms with E-state index >= 15 is 0 Å². The van der Waals surface area contributed by atoms with Crippen molar-refractivity contribution < 1.29 is 9.47 Å². The van der Waals surface area contributed by atoms with Gasteiger partial charge in [-0.05, 0) is 30.7 Å². The quantitative estimate of drug-likeness (QED) is 0.921. The van der Waals surface area contributed by atoms with Crippen molar-refractivity contribution in [1.29, 1.82) is 0 Å². The van der Waals surface area contributed by atoms with Crippen molar-refractivity contribution in [2.24, 2.45) is 5.73 Å². The Balaban J connectivity index is 1.74. The molecule has 2 N–H and O–H groups in total. The van der Waals surface area contributed by atoms with Gasteiger partial charge in [0.05, 0.1) is 24.2 Å². The predicted molar refractivity (Wildman–Crippen MR) is 84.4 cm³/mol. The summed E-state index contributed by atoms with van der Waals surface area (Å²) < 4.78 is 11.7. The zero-order valence-corrected chi connectivity index (χ0v) is 12.5. The van der Waals surface area contributed by atoms with E-state index in [9.17, 15) is 0 Å². The third-order valence-corrected chi connectivity index (χ3v) is 3.99. The average Bonchev–Trinajstić information content (AvgIpc) is 2.90. The summed E-state index contributed by atoms with van der Waals surface area (Å²) in [6.07, 6.45) is 0.758. The Morgan fingerprint density at radius 3 is 2.90 bits per heavy atom. The fourth-order valence-corrected chi connectivity index (χ4v) is 2.87. The lowest BCUT2D eigenvalue weighted by atomic mass is 10.0. The fraction of sp³-hybridized carbons (Fsp3) is 0.294. The highest BCUT2D eigenvalue weighted by Crippen LogP contribution is 2.35. The van der Waals surface area contributed by atoms with Crippen LogP contribution < -0.4 is 15.2 Å². The molecule has 2 aromatic carbocycles. The SMILES string of the molecule is NCCc1cccc(Cl)c1OCC1COc2ccccc21. The van der Waals surface area contributed by atoms with Crippen LogP contribution in [-0.2, 0) is 6.42 Å². The molecule has 0 bridgehead atoms. The molecule has 110 valence electrons. The molecule has 1 unspecified atom stereocenters. The van der Waals surface area contributed by atoms with Crippen LogP contribution in [0.15, 0.2) is 42.5 Å². The molecular formula is C17H18ClNO2. The van der Waals surface area contributed by atoms with Crippen LogP contribution in [0.25, 0.3) is 0 Å². The highest BCUT2D eigenvalue weighted by Gasteiger charge is 2.24. The van der Waals surface area contributed by atoms with Gasteiger partial charge in [0.2, 0.25) is 0 Å². The van der Waals surface area contributed by atoms with E-state index in [0.29, 0.717) is 24.8 Å². The number of rotatable bonds is 5. The fourth-order valence-electron chi connectivity index (χ4n) is 2.62. The van der Waals surface area contributed by atoms with E-state index in [-0.39, 0.29) is 5.92 Å². The van der Waals surface area contributed by atoms with E-state index in [1.165, 1.54) is 5.56 Å². The summed E-state index contributed by atoms with van der Waals surface area (Å²) in [6, 6.07) is 13.9. The molecule has 0 saturated carbocycles. The molecule has 21 heavy (non-hydrogen) atoms. The van der Waals surface area contributed by atoms with Crippen LogP contribution in [0.3, 0.4) is 0 Å². The standard InChI is InChI=1S/C17H18ClNO2/c18-15-6-3-4-12(8-9-19)17(15)21-11-13-10-20-16-7-2-1-5-14(13)16/h1-7,13H,8-11,19H2. The van der Waals surface area contributed by atoms with Crippen LogP contribution in [0.5, 0.6) is 11.5 Å². The van der Waals surface area contributed by atoms with E-state index in [1.54, 1.807) is 0 Å². The molecule has 0 radical (unpaired) electrons. The molecule has 0 spiro atoms. The summed E-state index contributed by atoms with van der Waals surface area (Å²) in [5.74, 6) is 1.93. The van der Waals surface area contributed by atoms with E-state index < -0.39 is 0 Å². The third kappa shape index (κ3) is 2.99. The summed E-state index contributed by atoms with van der Waals surface area (Å²) in [5, 5.41) is 0.633. The van der Waals surface area contributed by atoms with Gasteiger partial charge in [0.25, 0.3) is 0 Å². The number of nitrogens with two attached hydrogens (primary N) is 1. The second-order valence-electron chi connectivity index (χ2n) is 5.12. The lowest BCUT2D eigenvalue weighted by molar-refractivity contribution is 0.247. The normalized spacial score (nSPS) is 16.4. The molecule has 2 aromatic rings. The first-order chi connectivity index (χ1) is 10.3. The van der Waals surface area contributed by atoms with Gasteiger partial charge in [0.1, 0.15) is 11.5 Å². The number of hydrogen-bond acceptors (Lipinski definition) is 3. The van der Waals surface area contributed by atoms with Crippen LogP contribution in [0.4, 0.5) is 0 Å². The van der Waals surface area contributed by atoms with Gasteiger partial charge in [0.15, 0.2) is 0 Å². The monoisotopic (exact) mass is 303 g/mol. The lowest BCUT2D eigenvalue weighted by Gasteiger charge is -2.15. The molecule has 1 heterocycles. The molecule has 3 nitrogen and oxygen atoms in total. The molecule has 0 fully saturated rings. The number of hydrogen-bond donors (Lipinski definition) is 1. The Hall–Kier alpha value is -1.71. The van der Waals surface area contributed by atoms with Gasteiger partial charge in [-0.1, -0.05) is 41.9 Å². The average molecular weight is 304 g/mol. The smallest absolute Gasteiger partial charge is 0.141 e. The second-order valence-corrected chi connectivity index (χ2v) is 5.53. The molecule has 1 aliphatic rings. The molecule has 0 aromatic heterocycles. The summed E-state index contributed by atoms with van der Waals surface area (Å²) in [4.78, 5) is 0. The summed E-state index contributed by atoms with van der Waals surface area (Å²) >= 11 is 6.25. The minimum Gasteiger partial charge on any atom is -0.493 e. The van der Waals surface area contributed by atoms with Crippen molar-refractivity contribution in [3.8, 4) is 11.5 Å². The Morgan fingerprint density at radius 1 is 1.19 bits per heavy atom. The molecule has 1 atom stereocenters. The largest absolute Gasteiger partial charge is 0.493 e. The van der Waals surface area contributed by atoms with Gasteiger partial charge < -0.3 is 15.2 Å². The number of fused-ring (bicyclic) bond motifs is 1. The highest BCUT2D eigenvalue weighted by atomic mass is 35.5. The zero-order valence-electron chi connectivity index (χ0n) is 11.7. The summed E-state index contributed by atoms with van der Waals surface area (Å²) in [5.41, 5.74) is 7.89. The van der Waals surface area contributed by atoms with Gasteiger partial charge in [-0.15, -0.1) is 0 Å². The molecule has 0 saturated heterocycles. The van der Waals surface area contributed by atoms with E-state index in [4.69, 9.17) is 26.8 Å². The number of ether oxygens (including phenoxy) is 2. The molecule has 0 amide bonds. The van der Waals surface area contributed by atoms with Crippen LogP contribution in [0.2, 0.25) is 5.02 Å². The second kappa shape index (κ2) is 6.37. The van der Waals surface area contributed by atoms with E-state index in [0.717, 1.165) is 23.5 Å². The minimum atomic E-state index is 0.239. The van der Waals surface area contributed by atoms with Crippen molar-refractivity contribution in [3.63, 3.8) is 0 Å². The third-order valence-electron chi connectivity index (χ3n) is 3.69. The maximum Gasteiger partial charge on any atom is 0.141 e. The topological polar surface area (TPSA) is 44.5 Å². The van der Waals surface area contributed by atoms with E-state index in [2.05, 4.69) is 6.07 Å². The summed E-state index contributed by atoms with van der Waals surface area (Å²) in [6.45, 7) is 1.78. The first-order valence-corrected chi connectivity index (χ1v) is 7.49. The first kappa shape index (κ1) is 14.2. The van der Waals surface area contributed by atoms with Crippen LogP contribution in [0, 0.1) is 0 Å². The van der Waals surface area contributed by atoms with Gasteiger partial charge >= 0.3 is 0 Å². The minimum absolute atomic E-state index is 0.239. The predicted octanol–water partition coefficient (Wildman–Crippen LogP) is 3.40. The zero-order chi connectivity index (χ0) is 14.7. The number of halogens is 1. The van der Waals surface area contributed by atoms with Crippen molar-refractivity contribution in [3.05, 3.63) is 58.6 Å². The maximum absolute atomic E-state index is 6.25. The molecule has 1 aliphatic heterocycles. The van der Waals surface area contributed by atoms with Crippen molar-refractivity contribution in [2.45, 2.75) is 12.3 Å². The van der Waals surface area contributed by atoms with Gasteiger partial charge in [-0.25, -0.2) is 0 Å². The Bertz CT molecular complexity index is 630. The van der Waals surface area contributed by atoms with Crippen LogP contribution in [-0.4, -0.2) is 19.8 Å². The van der Waals surface area contributed by atoms with Crippen molar-refractivity contribution >= 4 is 11.6 Å².